The van der Waals surface area contributed by atoms with E-state index in [1.165, 1.54) is 5.56 Å². The maximum atomic E-state index is 12.1. The van der Waals surface area contributed by atoms with Crippen molar-refractivity contribution in [2.24, 2.45) is 5.41 Å². The Kier molecular flexibility index (Phi) is 4.39. The molecule has 1 nitrogen and oxygen atoms in total. The van der Waals surface area contributed by atoms with Crippen LogP contribution in [0.15, 0.2) is 54.6 Å². The van der Waals surface area contributed by atoms with Gasteiger partial charge < -0.3 is 0 Å². The summed E-state index contributed by atoms with van der Waals surface area (Å²) >= 11 is 0. The molecule has 0 amide bonds. The van der Waals surface area contributed by atoms with Crippen molar-refractivity contribution in [3.63, 3.8) is 0 Å². The highest BCUT2D eigenvalue weighted by Crippen LogP contribution is 2.23. The lowest BCUT2D eigenvalue weighted by atomic mass is 9.88. The molecule has 0 unspecified atom stereocenters. The lowest BCUT2D eigenvalue weighted by Gasteiger charge is -2.17. The fourth-order valence-corrected chi connectivity index (χ4v) is 2.11. The van der Waals surface area contributed by atoms with E-state index in [0.29, 0.717) is 6.42 Å². The lowest BCUT2D eigenvalue weighted by Crippen LogP contribution is -2.09. The highest BCUT2D eigenvalue weighted by Gasteiger charge is 2.14. The first-order valence-electron chi connectivity index (χ1n) is 7.14. The van der Waals surface area contributed by atoms with Gasteiger partial charge in [0.15, 0.2) is 5.78 Å². The van der Waals surface area contributed by atoms with Gasteiger partial charge in [-0.05, 0) is 23.0 Å². The standard InChI is InChI=1S/C19H22O/c1-19(2,3)14-13-18(20)17-11-9-16(10-12-17)15-7-5-4-6-8-15/h4-12H,13-14H2,1-3H3. The molecule has 20 heavy (non-hydrogen) atoms. The molecule has 0 saturated carbocycles. The number of benzene rings is 2. The lowest BCUT2D eigenvalue weighted by molar-refractivity contribution is 0.0966. The van der Waals surface area contributed by atoms with Crippen molar-refractivity contribution in [3.8, 4) is 11.1 Å². The van der Waals surface area contributed by atoms with Gasteiger partial charge >= 0.3 is 0 Å². The van der Waals surface area contributed by atoms with Crippen LogP contribution in [0, 0.1) is 5.41 Å². The maximum Gasteiger partial charge on any atom is 0.162 e. The van der Waals surface area contributed by atoms with Gasteiger partial charge in [0.05, 0.1) is 0 Å². The van der Waals surface area contributed by atoms with Crippen molar-refractivity contribution in [1.29, 1.82) is 0 Å². The van der Waals surface area contributed by atoms with E-state index < -0.39 is 0 Å². The van der Waals surface area contributed by atoms with Gasteiger partial charge in [-0.15, -0.1) is 0 Å². The van der Waals surface area contributed by atoms with E-state index in [1.54, 1.807) is 0 Å². The van der Waals surface area contributed by atoms with Crippen LogP contribution in [0.4, 0.5) is 0 Å². The molecule has 0 aliphatic heterocycles. The Balaban J connectivity index is 2.07. The molecule has 0 spiro atoms. The van der Waals surface area contributed by atoms with Crippen molar-refractivity contribution < 1.29 is 4.79 Å². The van der Waals surface area contributed by atoms with Gasteiger partial charge in [0.1, 0.15) is 0 Å². The maximum absolute atomic E-state index is 12.1. The Morgan fingerprint density at radius 2 is 1.40 bits per heavy atom. The van der Waals surface area contributed by atoms with Crippen molar-refractivity contribution in [2.45, 2.75) is 33.6 Å². The Morgan fingerprint density at radius 3 is 1.95 bits per heavy atom. The third-order valence-electron chi connectivity index (χ3n) is 3.42. The van der Waals surface area contributed by atoms with E-state index in [-0.39, 0.29) is 11.2 Å². The van der Waals surface area contributed by atoms with Crippen LogP contribution in [0.5, 0.6) is 0 Å². The monoisotopic (exact) mass is 266 g/mol. The zero-order valence-corrected chi connectivity index (χ0v) is 12.5. The van der Waals surface area contributed by atoms with Gasteiger partial charge in [0.2, 0.25) is 0 Å². The second-order valence-electron chi connectivity index (χ2n) is 6.43. The van der Waals surface area contributed by atoms with Gasteiger partial charge in [-0.25, -0.2) is 0 Å². The first-order valence-corrected chi connectivity index (χ1v) is 7.14. The SMILES string of the molecule is CC(C)(C)CCC(=O)c1ccc(-c2ccccc2)cc1. The molecule has 0 bridgehead atoms. The molecular formula is C19H22O. The summed E-state index contributed by atoms with van der Waals surface area (Å²) < 4.78 is 0. The molecule has 0 radical (unpaired) electrons. The second kappa shape index (κ2) is 6.04. The zero-order valence-electron chi connectivity index (χ0n) is 12.5. The third-order valence-corrected chi connectivity index (χ3v) is 3.42. The summed E-state index contributed by atoms with van der Waals surface area (Å²) in [5.41, 5.74) is 3.35. The topological polar surface area (TPSA) is 17.1 Å². The van der Waals surface area contributed by atoms with Crippen LogP contribution < -0.4 is 0 Å². The third kappa shape index (κ3) is 4.06. The molecule has 104 valence electrons. The highest BCUT2D eigenvalue weighted by molar-refractivity contribution is 5.96. The Labute approximate surface area is 121 Å². The van der Waals surface area contributed by atoms with E-state index in [4.69, 9.17) is 0 Å². The Morgan fingerprint density at radius 1 is 0.850 bits per heavy atom. The predicted octanol–water partition coefficient (Wildman–Crippen LogP) is 5.36. The largest absolute Gasteiger partial charge is 0.294 e. The summed E-state index contributed by atoms with van der Waals surface area (Å²) in [4.78, 5) is 12.1. The summed E-state index contributed by atoms with van der Waals surface area (Å²) in [6.45, 7) is 6.50. The Bertz CT molecular complexity index is 559. The predicted molar refractivity (Wildman–Crippen MR) is 84.9 cm³/mol. The number of carbonyl (C=O) groups is 1. The van der Waals surface area contributed by atoms with E-state index in [0.717, 1.165) is 17.5 Å². The quantitative estimate of drug-likeness (QED) is 0.680. The van der Waals surface area contributed by atoms with Crippen LogP contribution in [0.1, 0.15) is 44.0 Å². The number of ketones is 1. The molecule has 0 fully saturated rings. The van der Waals surface area contributed by atoms with E-state index in [1.807, 2.05) is 42.5 Å². The molecule has 2 aromatic carbocycles. The molecule has 0 aliphatic carbocycles. The van der Waals surface area contributed by atoms with Crippen LogP contribution in [0.2, 0.25) is 0 Å². The first-order chi connectivity index (χ1) is 9.46. The zero-order chi connectivity index (χ0) is 14.6. The molecule has 0 aliphatic rings. The molecule has 0 saturated heterocycles. The average Bonchev–Trinajstić information content (AvgIpc) is 2.45. The van der Waals surface area contributed by atoms with Gasteiger partial charge in [0.25, 0.3) is 0 Å². The highest BCUT2D eigenvalue weighted by atomic mass is 16.1. The fourth-order valence-electron chi connectivity index (χ4n) is 2.11. The number of hydrogen-bond donors (Lipinski definition) is 0. The molecule has 0 heterocycles. The number of carbonyl (C=O) groups excluding carboxylic acids is 1. The molecule has 0 N–H and O–H groups in total. The van der Waals surface area contributed by atoms with Gasteiger partial charge in [-0.3, -0.25) is 4.79 Å². The minimum Gasteiger partial charge on any atom is -0.294 e. The molecule has 2 aromatic rings. The molecule has 1 heteroatoms. The van der Waals surface area contributed by atoms with Crippen LogP contribution in [0.3, 0.4) is 0 Å². The normalized spacial score (nSPS) is 11.3. The fraction of sp³-hybridized carbons (Fsp3) is 0.316. The first kappa shape index (κ1) is 14.5. The van der Waals surface area contributed by atoms with Crippen LogP contribution in [-0.4, -0.2) is 5.78 Å². The van der Waals surface area contributed by atoms with Crippen LogP contribution >= 0.6 is 0 Å². The van der Waals surface area contributed by atoms with Crippen molar-refractivity contribution in [1.82, 2.24) is 0 Å². The van der Waals surface area contributed by atoms with E-state index in [9.17, 15) is 4.79 Å². The summed E-state index contributed by atoms with van der Waals surface area (Å²) in [6.07, 6.45) is 1.54. The van der Waals surface area contributed by atoms with Gasteiger partial charge in [0, 0.05) is 12.0 Å². The van der Waals surface area contributed by atoms with Crippen molar-refractivity contribution in [2.75, 3.05) is 0 Å². The van der Waals surface area contributed by atoms with E-state index in [2.05, 4.69) is 32.9 Å². The molecule has 2 rings (SSSR count). The van der Waals surface area contributed by atoms with Crippen molar-refractivity contribution >= 4 is 5.78 Å². The number of Topliss-reactive ketones (excluding diaryl/α,β-unsaturated/α-hetero) is 1. The average molecular weight is 266 g/mol. The van der Waals surface area contributed by atoms with E-state index >= 15 is 0 Å². The molecule has 0 atom stereocenters. The summed E-state index contributed by atoms with van der Waals surface area (Å²) in [5, 5.41) is 0. The number of rotatable bonds is 4. The number of hydrogen-bond acceptors (Lipinski definition) is 1. The van der Waals surface area contributed by atoms with Gasteiger partial charge in [-0.1, -0.05) is 75.4 Å². The second-order valence-corrected chi connectivity index (χ2v) is 6.43. The smallest absolute Gasteiger partial charge is 0.162 e. The minimum absolute atomic E-state index is 0.208. The molecule has 0 aromatic heterocycles. The summed E-state index contributed by atoms with van der Waals surface area (Å²) in [7, 11) is 0. The van der Waals surface area contributed by atoms with Crippen LogP contribution in [-0.2, 0) is 0 Å². The Hall–Kier alpha value is -1.89. The minimum atomic E-state index is 0.208. The summed E-state index contributed by atoms with van der Waals surface area (Å²) in [5.74, 6) is 0.236. The van der Waals surface area contributed by atoms with Crippen LogP contribution in [0.25, 0.3) is 11.1 Å². The molecular weight excluding hydrogens is 244 g/mol. The van der Waals surface area contributed by atoms with Gasteiger partial charge in [-0.2, -0.15) is 0 Å². The summed E-state index contributed by atoms with van der Waals surface area (Å²) in [6, 6.07) is 18.1. The van der Waals surface area contributed by atoms with Crippen molar-refractivity contribution in [3.05, 3.63) is 60.2 Å².